The zero-order chi connectivity index (χ0) is 20.8. The Morgan fingerprint density at radius 1 is 1.41 bits per heavy atom. The van der Waals surface area contributed by atoms with E-state index in [2.05, 4.69) is 16.4 Å². The fourth-order valence-corrected chi connectivity index (χ4v) is 5.45. The van der Waals surface area contributed by atoms with Gasteiger partial charge in [-0.1, -0.05) is 6.92 Å². The number of nitrogens with one attached hydrogen (secondary N) is 2. The third-order valence-electron chi connectivity index (χ3n) is 4.54. The molecule has 0 bridgehead atoms. The van der Waals surface area contributed by atoms with E-state index in [4.69, 9.17) is 4.74 Å². The predicted molar refractivity (Wildman–Crippen MR) is 114 cm³/mol. The summed E-state index contributed by atoms with van der Waals surface area (Å²) >= 11 is 1.44. The van der Waals surface area contributed by atoms with Gasteiger partial charge in [0.2, 0.25) is 11.3 Å². The third kappa shape index (κ3) is 5.34. The Morgan fingerprint density at radius 3 is 2.93 bits per heavy atom. The summed E-state index contributed by atoms with van der Waals surface area (Å²) in [7, 11) is -1.49. The maximum Gasteiger partial charge on any atom is 0.237 e. The lowest BCUT2D eigenvalue weighted by Crippen LogP contribution is -2.21. The normalized spacial score (nSPS) is 13.9. The zero-order valence-electron chi connectivity index (χ0n) is 16.2. The second-order valence-electron chi connectivity index (χ2n) is 6.84. The van der Waals surface area contributed by atoms with Crippen LogP contribution in [0.4, 0.5) is 5.00 Å². The number of pyridine rings is 1. The highest BCUT2D eigenvalue weighted by Crippen LogP contribution is 2.37. The summed E-state index contributed by atoms with van der Waals surface area (Å²) in [6.07, 6.45) is 6.19. The third-order valence-corrected chi connectivity index (χ3v) is 6.97. The van der Waals surface area contributed by atoms with Gasteiger partial charge in [0, 0.05) is 33.6 Å². The van der Waals surface area contributed by atoms with Crippen LogP contribution >= 0.6 is 11.3 Å². The monoisotopic (exact) mass is 433 g/mol. The Morgan fingerprint density at radius 2 is 2.21 bits per heavy atom. The second kappa shape index (κ2) is 9.85. The summed E-state index contributed by atoms with van der Waals surface area (Å²) in [6.45, 7) is 2.40. The molecule has 1 unspecified atom stereocenters. The molecule has 1 aliphatic carbocycles. The van der Waals surface area contributed by atoms with Crippen molar-refractivity contribution < 1.29 is 13.7 Å². The Kier molecular flexibility index (Phi) is 7.23. The van der Waals surface area contributed by atoms with Crippen LogP contribution in [0.5, 0.6) is 5.75 Å². The number of ether oxygens (including phenoxy) is 1. The van der Waals surface area contributed by atoms with Crippen LogP contribution in [0.1, 0.15) is 47.9 Å². The number of H-pyrrole nitrogens is 1. The second-order valence-corrected chi connectivity index (χ2v) is 9.40. The summed E-state index contributed by atoms with van der Waals surface area (Å²) in [5.74, 6) is -0.319. The number of rotatable bonds is 8. The van der Waals surface area contributed by atoms with Crippen molar-refractivity contribution in [3.05, 3.63) is 44.2 Å². The Labute approximate surface area is 175 Å². The van der Waals surface area contributed by atoms with Crippen LogP contribution in [0.2, 0.25) is 0 Å². The summed E-state index contributed by atoms with van der Waals surface area (Å²) in [4.78, 5) is 28.4. The van der Waals surface area contributed by atoms with Crippen LogP contribution in [0.15, 0.2) is 17.1 Å². The van der Waals surface area contributed by atoms with Crippen molar-refractivity contribution in [2.75, 3.05) is 17.7 Å². The number of anilines is 1. The minimum Gasteiger partial charge on any atom is -0.488 e. The van der Waals surface area contributed by atoms with Crippen LogP contribution in [0.25, 0.3) is 0 Å². The largest absolute Gasteiger partial charge is 0.488 e. The highest BCUT2D eigenvalue weighted by molar-refractivity contribution is 7.84. The Balaban J connectivity index is 1.60. The van der Waals surface area contributed by atoms with Crippen molar-refractivity contribution in [3.63, 3.8) is 0 Å². The maximum absolute atomic E-state index is 12.4. The van der Waals surface area contributed by atoms with Gasteiger partial charge < -0.3 is 15.0 Å². The summed E-state index contributed by atoms with van der Waals surface area (Å²) in [6, 6.07) is 3.55. The molecule has 2 aromatic heterocycles. The van der Waals surface area contributed by atoms with E-state index in [9.17, 15) is 19.1 Å². The molecule has 2 heterocycles. The number of nitrogens with zero attached hydrogens (tertiary/aromatic N) is 1. The molecule has 7 nitrogen and oxygen atoms in total. The molecule has 0 fully saturated rings. The molecular formula is C20H23N3O4S2. The topological polar surface area (TPSA) is 112 Å². The molecule has 1 atom stereocenters. The molecule has 3 rings (SSSR count). The number of thiophene rings is 1. The number of hydrogen-bond donors (Lipinski definition) is 2. The van der Waals surface area contributed by atoms with Crippen LogP contribution in [-0.4, -0.2) is 27.5 Å². The van der Waals surface area contributed by atoms with Crippen molar-refractivity contribution in [2.24, 2.45) is 0 Å². The summed E-state index contributed by atoms with van der Waals surface area (Å²) in [5, 5.41) is 12.8. The SMILES string of the molecule is CCCOc1c[nH]c(CS(=O)CC(=O)Nc2sc3c(c2C#N)CCCC3)cc1=O. The van der Waals surface area contributed by atoms with Crippen LogP contribution in [-0.2, 0) is 34.2 Å². The quantitative estimate of drug-likeness (QED) is 0.665. The standard InChI is InChI=1S/C20H23N3O4S2/c1-2-7-27-17-10-22-13(8-16(17)24)11-29(26)12-19(25)23-20-15(9-21)14-5-3-4-6-18(14)28-20/h8,10H,2-7,11-12H2,1H3,(H,22,24)(H,23,25). The van der Waals surface area contributed by atoms with Gasteiger partial charge in [0.25, 0.3) is 0 Å². The minimum absolute atomic E-state index is 0.0583. The van der Waals surface area contributed by atoms with Gasteiger partial charge in [0.15, 0.2) is 5.75 Å². The van der Waals surface area contributed by atoms with Gasteiger partial charge in [-0.3, -0.25) is 13.8 Å². The summed E-state index contributed by atoms with van der Waals surface area (Å²) in [5.41, 5.74) is 1.78. The lowest BCUT2D eigenvalue weighted by Gasteiger charge is -2.09. The zero-order valence-corrected chi connectivity index (χ0v) is 17.8. The first-order valence-electron chi connectivity index (χ1n) is 9.55. The number of carbonyl (C=O) groups excluding carboxylic acids is 1. The molecule has 0 spiro atoms. The van der Waals surface area contributed by atoms with Gasteiger partial charge in [-0.15, -0.1) is 11.3 Å². The predicted octanol–water partition coefficient (Wildman–Crippen LogP) is 2.86. The molecule has 0 radical (unpaired) electrons. The number of amides is 1. The van der Waals surface area contributed by atoms with E-state index < -0.39 is 16.7 Å². The van der Waals surface area contributed by atoms with Gasteiger partial charge in [-0.2, -0.15) is 5.26 Å². The maximum atomic E-state index is 12.4. The van der Waals surface area contributed by atoms with Crippen molar-refractivity contribution in [3.8, 4) is 11.8 Å². The van der Waals surface area contributed by atoms with Gasteiger partial charge in [0.1, 0.15) is 16.8 Å². The molecule has 0 aromatic carbocycles. The molecule has 2 N–H and O–H groups in total. The van der Waals surface area contributed by atoms with Crippen molar-refractivity contribution in [1.82, 2.24) is 4.98 Å². The van der Waals surface area contributed by atoms with E-state index in [0.717, 1.165) is 42.5 Å². The average Bonchev–Trinajstić information content (AvgIpc) is 3.03. The highest BCUT2D eigenvalue weighted by Gasteiger charge is 2.22. The fraction of sp³-hybridized carbons (Fsp3) is 0.450. The van der Waals surface area contributed by atoms with E-state index in [1.54, 1.807) is 0 Å². The van der Waals surface area contributed by atoms with Gasteiger partial charge in [-0.25, -0.2) is 0 Å². The number of hydrogen-bond acceptors (Lipinski definition) is 6. The number of carbonyl (C=O) groups is 1. The molecule has 0 saturated heterocycles. The number of aromatic nitrogens is 1. The number of aromatic amines is 1. The Hall–Kier alpha value is -2.44. The lowest BCUT2D eigenvalue weighted by molar-refractivity contribution is -0.113. The minimum atomic E-state index is -1.49. The van der Waals surface area contributed by atoms with Crippen LogP contribution in [0.3, 0.4) is 0 Å². The first-order valence-corrected chi connectivity index (χ1v) is 11.9. The molecular weight excluding hydrogens is 410 g/mol. The van der Waals surface area contributed by atoms with Gasteiger partial charge >= 0.3 is 0 Å². The van der Waals surface area contributed by atoms with E-state index in [1.165, 1.54) is 23.6 Å². The average molecular weight is 434 g/mol. The first kappa shape index (κ1) is 21.3. The molecule has 29 heavy (non-hydrogen) atoms. The van der Waals surface area contributed by atoms with Crippen molar-refractivity contribution in [2.45, 2.75) is 44.8 Å². The van der Waals surface area contributed by atoms with Gasteiger partial charge in [0.05, 0.1) is 17.9 Å². The molecule has 154 valence electrons. The molecule has 0 saturated carbocycles. The highest BCUT2D eigenvalue weighted by atomic mass is 32.2. The van der Waals surface area contributed by atoms with Crippen LogP contribution in [0, 0.1) is 11.3 Å². The molecule has 0 aliphatic heterocycles. The number of nitriles is 1. The first-order chi connectivity index (χ1) is 14.0. The Bertz CT molecular complexity index is 1020. The molecule has 1 amide bonds. The number of aryl methyl sites for hydroxylation is 1. The molecule has 2 aromatic rings. The van der Waals surface area contributed by atoms with E-state index in [1.807, 2.05) is 6.92 Å². The molecule has 9 heteroatoms. The molecule has 1 aliphatic rings. The smallest absolute Gasteiger partial charge is 0.237 e. The lowest BCUT2D eigenvalue weighted by atomic mass is 9.96. The van der Waals surface area contributed by atoms with E-state index in [0.29, 0.717) is 22.9 Å². The van der Waals surface area contributed by atoms with Crippen LogP contribution < -0.4 is 15.5 Å². The van der Waals surface area contributed by atoms with Crippen molar-refractivity contribution in [1.29, 1.82) is 5.26 Å². The van der Waals surface area contributed by atoms with Crippen molar-refractivity contribution >= 4 is 33.0 Å². The number of fused-ring (bicyclic) bond motifs is 1. The van der Waals surface area contributed by atoms with E-state index in [-0.39, 0.29) is 22.7 Å². The van der Waals surface area contributed by atoms with Gasteiger partial charge in [-0.05, 0) is 37.7 Å². The van der Waals surface area contributed by atoms with E-state index >= 15 is 0 Å². The summed E-state index contributed by atoms with van der Waals surface area (Å²) < 4.78 is 17.7. The fourth-order valence-electron chi connectivity index (χ4n) is 3.21.